The van der Waals surface area contributed by atoms with Crippen LogP contribution in [-0.4, -0.2) is 29.2 Å². The van der Waals surface area contributed by atoms with Gasteiger partial charge in [-0.3, -0.25) is 9.89 Å². The molecule has 1 fully saturated rings. The third kappa shape index (κ3) is 3.17. The van der Waals surface area contributed by atoms with Gasteiger partial charge in [-0.15, -0.1) is 0 Å². The van der Waals surface area contributed by atoms with Gasteiger partial charge < -0.3 is 10.6 Å². The van der Waals surface area contributed by atoms with E-state index in [1.807, 2.05) is 0 Å². The van der Waals surface area contributed by atoms with Crippen LogP contribution in [0.25, 0.3) is 22.0 Å². The minimum Gasteiger partial charge on any atom is -0.316 e. The molecule has 1 aliphatic rings. The van der Waals surface area contributed by atoms with Crippen molar-refractivity contribution in [1.82, 2.24) is 15.5 Å². The van der Waals surface area contributed by atoms with Crippen LogP contribution < -0.4 is 10.6 Å². The number of benzene rings is 2. The number of H-pyrrole nitrogens is 1. The smallest absolute Gasteiger partial charge is 0.229 e. The van der Waals surface area contributed by atoms with Gasteiger partial charge in [-0.25, -0.2) is 8.78 Å². The van der Waals surface area contributed by atoms with Crippen molar-refractivity contribution < 1.29 is 13.6 Å². The van der Waals surface area contributed by atoms with Crippen LogP contribution in [0.1, 0.15) is 12.8 Å². The second-order valence-electron chi connectivity index (χ2n) is 6.49. The number of piperidine rings is 1. The lowest BCUT2D eigenvalue weighted by atomic mass is 9.99. The number of anilines is 1. The maximum Gasteiger partial charge on any atom is 0.229 e. The maximum atomic E-state index is 14.1. The number of amides is 1. The molecule has 7 heteroatoms. The average Bonchev–Trinajstić information content (AvgIpc) is 3.06. The number of aromatic nitrogens is 2. The monoisotopic (exact) mass is 356 g/mol. The molecular formula is C19H18F2N4O. The lowest BCUT2D eigenvalue weighted by Gasteiger charge is -2.21. The fourth-order valence-electron chi connectivity index (χ4n) is 3.29. The third-order valence-corrected chi connectivity index (χ3v) is 4.71. The zero-order valence-corrected chi connectivity index (χ0v) is 14.0. The summed E-state index contributed by atoms with van der Waals surface area (Å²) in [5.74, 6) is -0.804. The van der Waals surface area contributed by atoms with E-state index < -0.39 is 11.6 Å². The van der Waals surface area contributed by atoms with Gasteiger partial charge in [-0.05, 0) is 55.3 Å². The molecule has 0 spiro atoms. The van der Waals surface area contributed by atoms with E-state index in [9.17, 15) is 13.6 Å². The van der Waals surface area contributed by atoms with E-state index in [0.717, 1.165) is 37.6 Å². The van der Waals surface area contributed by atoms with Crippen LogP contribution >= 0.6 is 0 Å². The second kappa shape index (κ2) is 6.84. The molecule has 3 N–H and O–H groups in total. The highest BCUT2D eigenvalue weighted by atomic mass is 19.1. The summed E-state index contributed by atoms with van der Waals surface area (Å²) in [6, 6.07) is 8.46. The van der Waals surface area contributed by atoms with Crippen LogP contribution in [0.5, 0.6) is 0 Å². The van der Waals surface area contributed by atoms with Crippen LogP contribution in [-0.2, 0) is 4.79 Å². The Bertz CT molecular complexity index is 963. The summed E-state index contributed by atoms with van der Waals surface area (Å²) in [4.78, 5) is 12.4. The fraction of sp³-hybridized carbons (Fsp3) is 0.263. The maximum absolute atomic E-state index is 14.1. The van der Waals surface area contributed by atoms with Crippen LogP contribution in [0.15, 0.2) is 36.4 Å². The predicted molar refractivity (Wildman–Crippen MR) is 95.7 cm³/mol. The lowest BCUT2D eigenvalue weighted by molar-refractivity contribution is -0.120. The topological polar surface area (TPSA) is 69.8 Å². The van der Waals surface area contributed by atoms with Gasteiger partial charge in [0, 0.05) is 17.5 Å². The van der Waals surface area contributed by atoms with Gasteiger partial charge >= 0.3 is 0 Å². The van der Waals surface area contributed by atoms with Gasteiger partial charge in [0.15, 0.2) is 5.82 Å². The Labute approximate surface area is 148 Å². The minimum atomic E-state index is -0.507. The molecule has 5 nitrogen and oxygen atoms in total. The number of nitrogens with zero attached hydrogens (tertiary/aromatic N) is 1. The number of carbonyl (C=O) groups is 1. The molecule has 3 aromatic rings. The van der Waals surface area contributed by atoms with E-state index in [2.05, 4.69) is 20.8 Å². The summed E-state index contributed by atoms with van der Waals surface area (Å²) in [5, 5.41) is 13.7. The highest BCUT2D eigenvalue weighted by Gasteiger charge is 2.22. The number of hydrogen-bond acceptors (Lipinski definition) is 3. The Morgan fingerprint density at radius 3 is 2.88 bits per heavy atom. The molecule has 4 rings (SSSR count). The number of hydrogen-bond donors (Lipinski definition) is 3. The first-order valence-electron chi connectivity index (χ1n) is 8.57. The lowest BCUT2D eigenvalue weighted by Crippen LogP contribution is -2.37. The Kier molecular flexibility index (Phi) is 4.38. The number of carbonyl (C=O) groups excluding carboxylic acids is 1. The number of aromatic amines is 1. The van der Waals surface area contributed by atoms with Crippen molar-refractivity contribution in [3.8, 4) is 11.1 Å². The first-order chi connectivity index (χ1) is 12.6. The van der Waals surface area contributed by atoms with Crippen molar-refractivity contribution in [2.45, 2.75) is 12.8 Å². The van der Waals surface area contributed by atoms with Gasteiger partial charge in [-0.2, -0.15) is 5.10 Å². The summed E-state index contributed by atoms with van der Waals surface area (Å²) in [7, 11) is 0. The van der Waals surface area contributed by atoms with Crippen molar-refractivity contribution >= 4 is 22.6 Å². The number of rotatable bonds is 3. The molecular weight excluding hydrogens is 338 g/mol. The van der Waals surface area contributed by atoms with Gasteiger partial charge in [0.2, 0.25) is 5.91 Å². The zero-order chi connectivity index (χ0) is 18.1. The molecule has 2 aromatic carbocycles. The molecule has 0 aliphatic carbocycles. The Hall–Kier alpha value is -2.80. The van der Waals surface area contributed by atoms with E-state index in [4.69, 9.17) is 0 Å². The standard InChI is InChI=1S/C19H18F2N4O/c20-13-4-5-16(21)14(9-13)11-3-6-17-15(8-11)18(25-24-17)23-19(26)12-2-1-7-22-10-12/h3-6,8-9,12,22H,1-2,7,10H2,(H2,23,24,25,26)/t12-/m1/s1. The molecule has 0 bridgehead atoms. The molecule has 1 amide bonds. The van der Waals surface area contributed by atoms with Crippen molar-refractivity contribution in [3.63, 3.8) is 0 Å². The molecule has 1 saturated heterocycles. The molecule has 1 aromatic heterocycles. The third-order valence-electron chi connectivity index (χ3n) is 4.71. The fourth-order valence-corrected chi connectivity index (χ4v) is 3.29. The number of fused-ring (bicyclic) bond motifs is 1. The SMILES string of the molecule is O=C(Nc1n[nH]c2ccc(-c3cc(F)ccc3F)cc12)[C@@H]1CCCNC1. The van der Waals surface area contributed by atoms with E-state index in [1.165, 1.54) is 0 Å². The Balaban J connectivity index is 1.66. The van der Waals surface area contributed by atoms with Gasteiger partial charge in [0.1, 0.15) is 11.6 Å². The van der Waals surface area contributed by atoms with Gasteiger partial charge in [0.05, 0.1) is 11.4 Å². The number of nitrogens with one attached hydrogen (secondary N) is 3. The van der Waals surface area contributed by atoms with Crippen molar-refractivity contribution in [2.75, 3.05) is 18.4 Å². The largest absolute Gasteiger partial charge is 0.316 e. The Morgan fingerprint density at radius 1 is 1.19 bits per heavy atom. The summed E-state index contributed by atoms with van der Waals surface area (Å²) in [6.07, 6.45) is 1.79. The molecule has 1 aliphatic heterocycles. The molecule has 134 valence electrons. The second-order valence-corrected chi connectivity index (χ2v) is 6.49. The van der Waals surface area contributed by atoms with Crippen molar-refractivity contribution in [3.05, 3.63) is 48.0 Å². The average molecular weight is 356 g/mol. The normalized spacial score (nSPS) is 17.4. The Morgan fingerprint density at radius 2 is 2.08 bits per heavy atom. The van der Waals surface area contributed by atoms with Crippen LogP contribution in [0.4, 0.5) is 14.6 Å². The minimum absolute atomic E-state index is 0.0899. The highest BCUT2D eigenvalue weighted by molar-refractivity contribution is 6.01. The van der Waals surface area contributed by atoms with Crippen molar-refractivity contribution in [1.29, 1.82) is 0 Å². The predicted octanol–water partition coefficient (Wildman–Crippen LogP) is 3.45. The van der Waals surface area contributed by atoms with Crippen molar-refractivity contribution in [2.24, 2.45) is 5.92 Å². The van der Waals surface area contributed by atoms with E-state index in [1.54, 1.807) is 18.2 Å². The van der Waals surface area contributed by atoms with Gasteiger partial charge in [0.25, 0.3) is 0 Å². The summed E-state index contributed by atoms with van der Waals surface area (Å²) < 4.78 is 27.6. The van der Waals surface area contributed by atoms with Crippen LogP contribution in [0, 0.1) is 17.6 Å². The molecule has 0 unspecified atom stereocenters. The van der Waals surface area contributed by atoms with E-state index in [0.29, 0.717) is 28.8 Å². The molecule has 0 saturated carbocycles. The highest BCUT2D eigenvalue weighted by Crippen LogP contribution is 2.30. The first kappa shape index (κ1) is 16.7. The molecule has 2 heterocycles. The molecule has 0 radical (unpaired) electrons. The van der Waals surface area contributed by atoms with Gasteiger partial charge in [-0.1, -0.05) is 6.07 Å². The summed E-state index contributed by atoms with van der Waals surface area (Å²) >= 11 is 0. The quantitative estimate of drug-likeness (QED) is 0.673. The number of halogens is 2. The molecule has 1 atom stereocenters. The van der Waals surface area contributed by atoms with E-state index in [-0.39, 0.29) is 17.4 Å². The molecule has 26 heavy (non-hydrogen) atoms. The van der Waals surface area contributed by atoms with Crippen LogP contribution in [0.3, 0.4) is 0 Å². The zero-order valence-electron chi connectivity index (χ0n) is 14.0. The first-order valence-corrected chi connectivity index (χ1v) is 8.57. The van der Waals surface area contributed by atoms with E-state index >= 15 is 0 Å². The summed E-state index contributed by atoms with van der Waals surface area (Å²) in [5.41, 5.74) is 1.40. The van der Waals surface area contributed by atoms with Crippen LogP contribution in [0.2, 0.25) is 0 Å². The summed E-state index contributed by atoms with van der Waals surface area (Å²) in [6.45, 7) is 1.58.